The van der Waals surface area contributed by atoms with Gasteiger partial charge in [-0.15, -0.1) is 0 Å². The first kappa shape index (κ1) is 9.48. The van der Waals surface area contributed by atoms with Crippen LogP contribution >= 0.6 is 0 Å². The molecule has 0 aliphatic heterocycles. The van der Waals surface area contributed by atoms with Gasteiger partial charge in [-0.05, 0) is 0 Å². The molecule has 0 saturated heterocycles. The van der Waals surface area contributed by atoms with E-state index in [2.05, 4.69) is 2.51 Å². The van der Waals surface area contributed by atoms with Gasteiger partial charge in [-0.25, -0.2) is 0 Å². The van der Waals surface area contributed by atoms with Crippen LogP contribution in [0.25, 0.3) is 0 Å². The molecular formula is HIO7S. The standard InChI is InChI=1S/HIO7S/c2-1(3,4)8-9(5,6)7/h(H,5,6,7). The van der Waals surface area contributed by atoms with Crippen molar-refractivity contribution in [3.05, 3.63) is 0 Å². The topological polar surface area (TPSA) is 133 Å². The van der Waals surface area contributed by atoms with E-state index in [0.717, 1.165) is 0 Å². The van der Waals surface area contributed by atoms with Gasteiger partial charge in [0.2, 0.25) is 0 Å². The highest BCUT2D eigenvalue weighted by Gasteiger charge is 2.36. The smallest absolute Gasteiger partial charge is 0.255 e. The summed E-state index contributed by atoms with van der Waals surface area (Å²) in [5.74, 6) is 0. The lowest BCUT2D eigenvalue weighted by atomic mass is 15.8. The molecule has 0 radical (unpaired) electrons. The SMILES string of the molecule is O=S(=O)(O)O[I+3]([O-])([O-])[O-]. The molecule has 0 aromatic carbocycles. The second-order valence-electron chi connectivity index (χ2n) is 0.869. The monoisotopic (exact) mass is 272 g/mol. The van der Waals surface area contributed by atoms with Gasteiger partial charge in [0.15, 0.2) is 2.51 Å². The van der Waals surface area contributed by atoms with Gasteiger partial charge in [0.1, 0.15) is 0 Å². The first-order valence-corrected chi connectivity index (χ1v) is 6.19. The maximum atomic E-state index is 9.43. The molecule has 0 unspecified atom stereocenters. The molecule has 0 aliphatic carbocycles. The summed E-state index contributed by atoms with van der Waals surface area (Å²) in [6.07, 6.45) is 0. The molecule has 9 heavy (non-hydrogen) atoms. The van der Waals surface area contributed by atoms with Crippen LogP contribution in [0.15, 0.2) is 0 Å². The maximum Gasteiger partial charge on any atom is 0.510 e. The highest BCUT2D eigenvalue weighted by molar-refractivity contribution is 7.80. The molecule has 1 N–H and O–H groups in total. The Morgan fingerprint density at radius 2 is 1.67 bits per heavy atom. The van der Waals surface area contributed by atoms with Crippen molar-refractivity contribution < 1.29 is 45.9 Å². The summed E-state index contributed by atoms with van der Waals surface area (Å²) in [7, 11) is -5.14. The molecule has 0 spiro atoms. The first-order valence-electron chi connectivity index (χ1n) is 1.30. The quantitative estimate of drug-likeness (QED) is 0.390. The van der Waals surface area contributed by atoms with E-state index in [0.29, 0.717) is 0 Å². The van der Waals surface area contributed by atoms with Crippen LogP contribution in [-0.2, 0) is 12.9 Å². The second kappa shape index (κ2) is 2.61. The fraction of sp³-hybridized carbons (Fsp3) is 0. The fourth-order valence-corrected chi connectivity index (χ4v) is 1.96. The van der Waals surface area contributed by atoms with E-state index in [1.165, 1.54) is 0 Å². The van der Waals surface area contributed by atoms with E-state index < -0.39 is 30.5 Å². The van der Waals surface area contributed by atoms with Crippen molar-refractivity contribution >= 4 is 10.4 Å². The minimum Gasteiger partial charge on any atom is -0.255 e. The summed E-state index contributed by atoms with van der Waals surface area (Å²) >= 11 is -6.26. The molecule has 0 heterocycles. The fourth-order valence-electron chi connectivity index (χ4n) is 0.0975. The van der Waals surface area contributed by atoms with Crippen molar-refractivity contribution in [1.29, 1.82) is 0 Å². The van der Waals surface area contributed by atoms with Crippen molar-refractivity contribution in [3.8, 4) is 0 Å². The Morgan fingerprint density at radius 1 is 1.33 bits per heavy atom. The predicted molar refractivity (Wildman–Crippen MR) is 12.6 cm³/mol. The molecule has 0 atom stereocenters. The zero-order valence-corrected chi connectivity index (χ0v) is 6.66. The van der Waals surface area contributed by atoms with E-state index >= 15 is 0 Å². The molecule has 9 heteroatoms. The molecule has 0 rings (SSSR count). The van der Waals surface area contributed by atoms with Gasteiger partial charge in [-0.2, -0.15) is 8.42 Å². The van der Waals surface area contributed by atoms with Crippen LogP contribution in [0.2, 0.25) is 0 Å². The van der Waals surface area contributed by atoms with Crippen LogP contribution in [0.1, 0.15) is 0 Å². The maximum absolute atomic E-state index is 9.43. The summed E-state index contributed by atoms with van der Waals surface area (Å²) in [6.45, 7) is 0. The Bertz CT molecular complexity index is 170. The van der Waals surface area contributed by atoms with Crippen LogP contribution in [0.3, 0.4) is 0 Å². The molecule has 56 valence electrons. The Morgan fingerprint density at radius 3 is 1.67 bits per heavy atom. The second-order valence-corrected chi connectivity index (χ2v) is 5.09. The van der Waals surface area contributed by atoms with Gasteiger partial charge in [-0.1, -0.05) is 0 Å². The summed E-state index contributed by atoms with van der Waals surface area (Å²) in [6, 6.07) is 0. The largest absolute Gasteiger partial charge is 0.510 e. The van der Waals surface area contributed by atoms with Crippen molar-refractivity contribution in [3.63, 3.8) is 0 Å². The number of rotatable bonds is 2. The van der Waals surface area contributed by atoms with Gasteiger partial charge >= 0.3 is 30.5 Å². The molecule has 7 nitrogen and oxygen atoms in total. The zero-order chi connectivity index (χ0) is 7.71. The third kappa shape index (κ3) is 8.48. The van der Waals surface area contributed by atoms with Crippen LogP contribution < -0.4 is 30.4 Å². The van der Waals surface area contributed by atoms with Gasteiger partial charge in [0.25, 0.3) is 0 Å². The molecule has 0 aromatic rings. The average Bonchev–Trinajstić information content (AvgIpc) is 1.14. The highest BCUT2D eigenvalue weighted by atomic mass is 127. The normalized spacial score (nSPS) is 13.8. The highest BCUT2D eigenvalue weighted by Crippen LogP contribution is 1.68. The third-order valence-electron chi connectivity index (χ3n) is 0.157. The summed E-state index contributed by atoms with van der Waals surface area (Å²) in [5.41, 5.74) is 0. The van der Waals surface area contributed by atoms with Gasteiger partial charge in [0.05, 0.1) is 0 Å². The molecular weight excluding hydrogens is 271 g/mol. The minimum atomic E-state index is -6.26. The van der Waals surface area contributed by atoms with E-state index in [1.54, 1.807) is 0 Å². The third-order valence-corrected chi connectivity index (χ3v) is 3.15. The Hall–Kier alpha value is 0.480. The van der Waals surface area contributed by atoms with Crippen molar-refractivity contribution in [1.82, 2.24) is 0 Å². The van der Waals surface area contributed by atoms with Crippen LogP contribution in [0.5, 0.6) is 0 Å². The number of hydrogen-bond acceptors (Lipinski definition) is 6. The van der Waals surface area contributed by atoms with E-state index in [4.69, 9.17) is 4.55 Å². The minimum absolute atomic E-state index is 2.67. The average molecular weight is 272 g/mol. The number of hydrogen-bond donors (Lipinski definition) is 1. The van der Waals surface area contributed by atoms with E-state index in [-0.39, 0.29) is 0 Å². The Labute approximate surface area is 56.5 Å². The zero-order valence-electron chi connectivity index (χ0n) is 3.68. The first-order chi connectivity index (χ1) is 3.71. The Balaban J connectivity index is 4.07. The number of halogens is 1. The lowest BCUT2D eigenvalue weighted by molar-refractivity contribution is -1.91. The van der Waals surface area contributed by atoms with Crippen molar-refractivity contribution in [2.45, 2.75) is 0 Å². The lowest BCUT2D eigenvalue weighted by Crippen LogP contribution is -4.24. The molecule has 0 aliphatic rings. The molecule has 0 fully saturated rings. The summed E-state index contributed by atoms with van der Waals surface area (Å²) in [4.78, 5) is 0. The molecule has 0 bridgehead atoms. The van der Waals surface area contributed by atoms with Crippen LogP contribution in [0.4, 0.5) is 0 Å². The Kier molecular flexibility index (Phi) is 2.75. The van der Waals surface area contributed by atoms with Crippen LogP contribution in [0, 0.1) is 0 Å². The van der Waals surface area contributed by atoms with Gasteiger partial charge < -0.3 is 0 Å². The van der Waals surface area contributed by atoms with E-state index in [1.807, 2.05) is 0 Å². The van der Waals surface area contributed by atoms with Crippen molar-refractivity contribution in [2.24, 2.45) is 0 Å². The van der Waals surface area contributed by atoms with Crippen LogP contribution in [-0.4, -0.2) is 13.0 Å². The molecule has 0 amide bonds. The lowest BCUT2D eigenvalue weighted by Gasteiger charge is -2.00. The summed E-state index contributed by atoms with van der Waals surface area (Å²) < 4.78 is 57.3. The van der Waals surface area contributed by atoms with Gasteiger partial charge in [-0.3, -0.25) is 14.9 Å². The van der Waals surface area contributed by atoms with Gasteiger partial charge in [0, 0.05) is 0 Å². The predicted octanol–water partition coefficient (Wildman–Crippen LogP) is -7.29. The molecule has 0 saturated carbocycles. The molecule has 0 aromatic heterocycles. The summed E-state index contributed by atoms with van der Waals surface area (Å²) in [5, 5.41) is 0. The van der Waals surface area contributed by atoms with E-state index in [9.17, 15) is 18.7 Å². The van der Waals surface area contributed by atoms with Crippen molar-refractivity contribution in [2.75, 3.05) is 0 Å².